The summed E-state index contributed by atoms with van der Waals surface area (Å²) in [5, 5.41) is 16.8. The average molecular weight is 660 g/mol. The van der Waals surface area contributed by atoms with E-state index in [2.05, 4.69) is 25.3 Å². The second kappa shape index (κ2) is 15.0. The molecule has 0 spiro atoms. The van der Waals surface area contributed by atoms with E-state index in [4.69, 9.17) is 9.57 Å². The Morgan fingerprint density at radius 2 is 1.85 bits per heavy atom. The second-order valence-electron chi connectivity index (χ2n) is 12.1. The summed E-state index contributed by atoms with van der Waals surface area (Å²) in [4.78, 5) is 48.9. The predicted octanol–water partition coefficient (Wildman–Crippen LogP) is 3.08. The van der Waals surface area contributed by atoms with E-state index in [1.165, 1.54) is 18.2 Å². The first kappa shape index (κ1) is 34.8. The number of aromatic amines is 1. The van der Waals surface area contributed by atoms with E-state index in [1.54, 1.807) is 20.8 Å². The summed E-state index contributed by atoms with van der Waals surface area (Å²) in [7, 11) is -3.23. The maximum Gasteiger partial charge on any atom is 0.407 e. The highest BCUT2D eigenvalue weighted by Gasteiger charge is 2.35. The Morgan fingerprint density at radius 1 is 1.15 bits per heavy atom. The molecule has 46 heavy (non-hydrogen) atoms. The van der Waals surface area contributed by atoms with Gasteiger partial charge < -0.3 is 35.0 Å². The lowest BCUT2D eigenvalue weighted by atomic mass is 10.0. The van der Waals surface area contributed by atoms with Crippen molar-refractivity contribution in [3.05, 3.63) is 54.1 Å². The number of carbonyl (C=O) groups is 3. The summed E-state index contributed by atoms with van der Waals surface area (Å²) >= 11 is 0. The summed E-state index contributed by atoms with van der Waals surface area (Å²) < 4.78 is 38.9. The second-order valence-corrected chi connectivity index (χ2v) is 13.9. The van der Waals surface area contributed by atoms with Crippen LogP contribution in [0.5, 0.6) is 0 Å². The molecule has 0 bridgehead atoms. The molecule has 4 rings (SSSR count). The SMILES string of the molecule is COC(=O)C(C=O)Nc1nc2cc(S(=O)(=O)N(C[C@@H](O)[C@H](Cc3ccccc3)NC(=O)OC(C)(C)C)OC3CCCC3)ccc2[nH]1. The molecule has 250 valence electrons. The molecule has 3 atom stereocenters. The Kier molecular flexibility index (Phi) is 11.4. The molecule has 14 nitrogen and oxygen atoms in total. The number of nitrogens with one attached hydrogen (secondary N) is 3. The first-order valence-corrected chi connectivity index (χ1v) is 16.4. The van der Waals surface area contributed by atoms with Crippen LogP contribution in [0.15, 0.2) is 53.4 Å². The number of methoxy groups -OCH3 is 1. The molecule has 0 aliphatic heterocycles. The molecular weight excluding hydrogens is 618 g/mol. The molecule has 1 saturated carbocycles. The Bertz CT molecular complexity index is 1600. The quantitative estimate of drug-likeness (QED) is 0.0861. The molecule has 1 aliphatic carbocycles. The Hall–Kier alpha value is -4.05. The molecule has 3 aromatic rings. The molecule has 1 heterocycles. The first-order valence-electron chi connectivity index (χ1n) is 15.0. The van der Waals surface area contributed by atoms with E-state index in [9.17, 15) is 27.9 Å². The van der Waals surface area contributed by atoms with Gasteiger partial charge in [0.2, 0.25) is 5.95 Å². The fraction of sp³-hybridized carbons (Fsp3) is 0.484. The lowest BCUT2D eigenvalue weighted by molar-refractivity contribution is -0.145. The van der Waals surface area contributed by atoms with Crippen LogP contribution in [0.2, 0.25) is 0 Å². The summed E-state index contributed by atoms with van der Waals surface area (Å²) in [6, 6.07) is 11.1. The van der Waals surface area contributed by atoms with Gasteiger partial charge in [0.05, 0.1) is 47.8 Å². The number of amides is 1. The minimum absolute atomic E-state index is 0.0542. The van der Waals surface area contributed by atoms with Crippen LogP contribution >= 0.6 is 0 Å². The van der Waals surface area contributed by atoms with E-state index < -0.39 is 52.4 Å². The van der Waals surface area contributed by atoms with Gasteiger partial charge in [0.15, 0.2) is 12.3 Å². The van der Waals surface area contributed by atoms with Crippen LogP contribution in [0.4, 0.5) is 10.7 Å². The van der Waals surface area contributed by atoms with Crippen molar-refractivity contribution < 1.29 is 42.2 Å². The van der Waals surface area contributed by atoms with Gasteiger partial charge in [-0.3, -0.25) is 4.84 Å². The number of aliphatic hydroxyl groups is 1. The van der Waals surface area contributed by atoms with Crippen molar-refractivity contribution in [2.75, 3.05) is 19.0 Å². The van der Waals surface area contributed by atoms with Crippen LogP contribution in [-0.2, 0) is 40.3 Å². The topological polar surface area (TPSA) is 189 Å². The minimum Gasteiger partial charge on any atom is -0.467 e. The molecule has 0 saturated heterocycles. The van der Waals surface area contributed by atoms with Gasteiger partial charge in [0.25, 0.3) is 10.0 Å². The van der Waals surface area contributed by atoms with Crippen molar-refractivity contribution in [2.24, 2.45) is 0 Å². The average Bonchev–Trinajstić information content (AvgIpc) is 3.67. The van der Waals surface area contributed by atoms with Crippen molar-refractivity contribution >= 4 is 45.4 Å². The summed E-state index contributed by atoms with van der Waals surface area (Å²) in [5.41, 5.74) is 0.684. The van der Waals surface area contributed by atoms with Crippen molar-refractivity contribution in [3.63, 3.8) is 0 Å². The van der Waals surface area contributed by atoms with E-state index >= 15 is 0 Å². The molecule has 4 N–H and O–H groups in total. The molecule has 2 aromatic carbocycles. The van der Waals surface area contributed by atoms with Crippen molar-refractivity contribution in [1.82, 2.24) is 19.8 Å². The highest BCUT2D eigenvalue weighted by atomic mass is 32.2. The molecule has 1 fully saturated rings. The maximum absolute atomic E-state index is 14.1. The minimum atomic E-state index is -4.37. The molecule has 0 radical (unpaired) electrons. The number of hydroxylamine groups is 1. The third-order valence-corrected chi connectivity index (χ3v) is 8.89. The number of H-pyrrole nitrogens is 1. The summed E-state index contributed by atoms with van der Waals surface area (Å²) in [6.45, 7) is 4.66. The van der Waals surface area contributed by atoms with E-state index in [0.717, 1.165) is 30.0 Å². The van der Waals surface area contributed by atoms with Crippen molar-refractivity contribution in [2.45, 2.75) is 87.7 Å². The number of alkyl carbamates (subject to hydrolysis) is 1. The predicted molar refractivity (Wildman–Crippen MR) is 168 cm³/mol. The fourth-order valence-electron chi connectivity index (χ4n) is 5.00. The van der Waals surface area contributed by atoms with Gasteiger partial charge in [-0.15, -0.1) is 0 Å². The van der Waals surface area contributed by atoms with Crippen molar-refractivity contribution in [1.29, 1.82) is 0 Å². The Balaban J connectivity index is 1.62. The largest absolute Gasteiger partial charge is 0.467 e. The molecule has 1 unspecified atom stereocenters. The molecular formula is C31H41N5O9S. The van der Waals surface area contributed by atoms with Gasteiger partial charge in [-0.05, 0) is 63.8 Å². The van der Waals surface area contributed by atoms with E-state index in [-0.39, 0.29) is 28.9 Å². The highest BCUT2D eigenvalue weighted by molar-refractivity contribution is 7.89. The third-order valence-electron chi connectivity index (χ3n) is 7.27. The number of ether oxygens (including phenoxy) is 2. The number of carbonyl (C=O) groups excluding carboxylic acids is 3. The number of sulfonamides is 1. The number of hydrogen-bond acceptors (Lipinski definition) is 11. The Labute approximate surface area is 267 Å². The van der Waals surface area contributed by atoms with Crippen LogP contribution in [0, 0.1) is 0 Å². The molecule has 1 amide bonds. The normalized spacial score (nSPS) is 16.1. The number of esters is 1. The van der Waals surface area contributed by atoms with E-state index in [1.807, 2.05) is 30.3 Å². The number of benzene rings is 2. The smallest absolute Gasteiger partial charge is 0.407 e. The van der Waals surface area contributed by atoms with Gasteiger partial charge in [0, 0.05) is 0 Å². The van der Waals surface area contributed by atoms with Crippen LogP contribution in [0.25, 0.3) is 11.0 Å². The third kappa shape index (κ3) is 9.25. The lowest BCUT2D eigenvalue weighted by Gasteiger charge is -2.31. The fourth-order valence-corrected chi connectivity index (χ4v) is 6.32. The van der Waals surface area contributed by atoms with Crippen molar-refractivity contribution in [3.8, 4) is 0 Å². The zero-order valence-corrected chi connectivity index (χ0v) is 27.1. The summed E-state index contributed by atoms with van der Waals surface area (Å²) in [6.07, 6.45) is 1.08. The number of aliphatic hydroxyl groups excluding tert-OH is 1. The van der Waals surface area contributed by atoms with Gasteiger partial charge in [-0.1, -0.05) is 47.6 Å². The molecule has 1 aliphatic rings. The number of nitrogens with zero attached hydrogens (tertiary/aromatic N) is 2. The van der Waals surface area contributed by atoms with E-state index in [0.29, 0.717) is 24.6 Å². The zero-order chi connectivity index (χ0) is 33.5. The zero-order valence-electron chi connectivity index (χ0n) is 26.3. The highest BCUT2D eigenvalue weighted by Crippen LogP contribution is 2.28. The van der Waals surface area contributed by atoms with Gasteiger partial charge in [0.1, 0.15) is 5.60 Å². The standard InChI is InChI=1S/C31H41N5O9S/c1-31(2,3)44-30(40)35-25(16-20-10-6-5-7-11-20)27(38)18-36(45-21-12-8-9-13-21)46(41,42)22-14-15-23-24(17-22)33-29(32-23)34-26(19-37)28(39)43-4/h5-7,10-11,14-15,17,19,21,25-27,38H,8-9,12-13,16,18H2,1-4H3,(H,35,40)(H2,32,33,34)/t25-,26?,27+/m0/s1. The number of anilines is 1. The molecule has 1 aromatic heterocycles. The Morgan fingerprint density at radius 3 is 2.48 bits per heavy atom. The summed E-state index contributed by atoms with van der Waals surface area (Å²) in [5.74, 6) is -0.762. The van der Waals surface area contributed by atoms with Crippen LogP contribution in [0.3, 0.4) is 0 Å². The number of imidazole rings is 1. The number of fused-ring (bicyclic) bond motifs is 1. The maximum atomic E-state index is 14.1. The number of hydrogen-bond donors (Lipinski definition) is 4. The number of rotatable bonds is 14. The van der Waals surface area contributed by atoms with Gasteiger partial charge in [-0.2, -0.15) is 0 Å². The monoisotopic (exact) mass is 659 g/mol. The van der Waals surface area contributed by atoms with Gasteiger partial charge >= 0.3 is 12.1 Å². The van der Waals surface area contributed by atoms with Crippen LogP contribution in [0.1, 0.15) is 52.0 Å². The first-order chi connectivity index (χ1) is 21.8. The van der Waals surface area contributed by atoms with Gasteiger partial charge in [-0.25, -0.2) is 23.0 Å². The van der Waals surface area contributed by atoms with Crippen LogP contribution in [-0.4, -0.2) is 89.9 Å². The number of aldehydes is 1. The van der Waals surface area contributed by atoms with Crippen LogP contribution < -0.4 is 10.6 Å². The lowest BCUT2D eigenvalue weighted by Crippen LogP contribution is -2.51. The molecule has 15 heteroatoms. The number of aromatic nitrogens is 2.